The number of thiophene rings is 1. The summed E-state index contributed by atoms with van der Waals surface area (Å²) in [6, 6.07) is 7.44. The molecule has 0 saturated heterocycles. The molecule has 0 aliphatic carbocycles. The molecule has 0 saturated carbocycles. The number of thiazole rings is 2. The molecule has 0 aliphatic heterocycles. The molecule has 4 aromatic rings. The van der Waals surface area contributed by atoms with E-state index in [1.165, 1.54) is 22.7 Å². The lowest BCUT2D eigenvalue weighted by Crippen LogP contribution is -2.11. The Bertz CT molecular complexity index is 991. The van der Waals surface area contributed by atoms with Crippen LogP contribution >= 0.6 is 45.6 Å². The van der Waals surface area contributed by atoms with Crippen LogP contribution < -0.4 is 5.32 Å². The maximum Gasteiger partial charge on any atom is 0.276 e. The summed E-state index contributed by atoms with van der Waals surface area (Å²) in [6.07, 6.45) is 0. The van der Waals surface area contributed by atoms with E-state index in [-0.39, 0.29) is 5.91 Å². The third-order valence-corrected chi connectivity index (χ3v) is 5.82. The van der Waals surface area contributed by atoms with Gasteiger partial charge in [0, 0.05) is 21.3 Å². The zero-order valence-corrected chi connectivity index (χ0v) is 14.7. The molecule has 8 heteroatoms. The second-order valence-corrected chi connectivity index (χ2v) is 7.74. The molecule has 3 heterocycles. The second-order valence-electron chi connectivity index (χ2n) is 4.64. The van der Waals surface area contributed by atoms with Crippen LogP contribution in [0, 0.1) is 0 Å². The summed E-state index contributed by atoms with van der Waals surface area (Å²) >= 11 is 10.4. The number of rotatable bonds is 3. The Morgan fingerprint density at radius 2 is 2.09 bits per heavy atom. The first kappa shape index (κ1) is 14.8. The van der Waals surface area contributed by atoms with Crippen molar-refractivity contribution in [3.63, 3.8) is 0 Å². The van der Waals surface area contributed by atoms with E-state index in [0.717, 1.165) is 20.8 Å². The van der Waals surface area contributed by atoms with Gasteiger partial charge in [0.2, 0.25) is 0 Å². The molecular weight excluding hydrogens is 370 g/mol. The number of nitrogens with zero attached hydrogens (tertiary/aromatic N) is 2. The van der Waals surface area contributed by atoms with Crippen molar-refractivity contribution in [3.05, 3.63) is 51.1 Å². The minimum atomic E-state index is -0.257. The number of nitrogens with one attached hydrogen (secondary N) is 1. The number of amides is 1. The maximum atomic E-state index is 12.3. The Kier molecular flexibility index (Phi) is 3.86. The number of benzene rings is 1. The molecule has 23 heavy (non-hydrogen) atoms. The number of hydrogen-bond donors (Lipinski definition) is 1. The maximum absolute atomic E-state index is 12.3. The van der Waals surface area contributed by atoms with Crippen LogP contribution in [0.3, 0.4) is 0 Å². The Hall–Kier alpha value is -1.80. The van der Waals surface area contributed by atoms with Crippen LogP contribution in [0.1, 0.15) is 10.5 Å². The number of hydrogen-bond acceptors (Lipinski definition) is 6. The summed E-state index contributed by atoms with van der Waals surface area (Å²) in [7, 11) is 0. The van der Waals surface area contributed by atoms with Crippen LogP contribution in [0.5, 0.6) is 0 Å². The van der Waals surface area contributed by atoms with Crippen molar-refractivity contribution in [2.45, 2.75) is 0 Å². The van der Waals surface area contributed by atoms with Crippen molar-refractivity contribution in [1.29, 1.82) is 0 Å². The van der Waals surface area contributed by atoms with Crippen LogP contribution in [-0.2, 0) is 0 Å². The first-order valence-electron chi connectivity index (χ1n) is 6.54. The fourth-order valence-electron chi connectivity index (χ4n) is 2.01. The van der Waals surface area contributed by atoms with Gasteiger partial charge in [-0.1, -0.05) is 22.9 Å². The van der Waals surface area contributed by atoms with E-state index in [9.17, 15) is 4.79 Å². The molecule has 0 atom stereocenters. The van der Waals surface area contributed by atoms with Crippen molar-refractivity contribution in [2.24, 2.45) is 0 Å². The Morgan fingerprint density at radius 1 is 1.17 bits per heavy atom. The monoisotopic (exact) mass is 377 g/mol. The SMILES string of the molecule is O=C(Nc1nc2ccc(Cl)cc2s1)c1csc(-c2ccsc2)n1. The van der Waals surface area contributed by atoms with Gasteiger partial charge in [-0.05, 0) is 29.6 Å². The van der Waals surface area contributed by atoms with E-state index in [1.807, 2.05) is 29.0 Å². The van der Waals surface area contributed by atoms with Gasteiger partial charge in [-0.3, -0.25) is 10.1 Å². The molecule has 0 spiro atoms. The van der Waals surface area contributed by atoms with Crippen LogP contribution in [0.25, 0.3) is 20.8 Å². The third kappa shape index (κ3) is 3.00. The topological polar surface area (TPSA) is 54.9 Å². The van der Waals surface area contributed by atoms with Gasteiger partial charge < -0.3 is 0 Å². The molecule has 0 fully saturated rings. The minimum absolute atomic E-state index is 0.257. The van der Waals surface area contributed by atoms with Crippen LogP contribution in [0.15, 0.2) is 40.4 Å². The molecule has 4 rings (SSSR count). The number of carbonyl (C=O) groups excluding carboxylic acids is 1. The van der Waals surface area contributed by atoms with E-state index >= 15 is 0 Å². The van der Waals surface area contributed by atoms with Crippen LogP contribution in [0.2, 0.25) is 5.02 Å². The van der Waals surface area contributed by atoms with Gasteiger partial charge in [-0.15, -0.1) is 11.3 Å². The lowest BCUT2D eigenvalue weighted by molar-refractivity contribution is 0.102. The number of anilines is 1. The summed E-state index contributed by atoms with van der Waals surface area (Å²) in [5.41, 5.74) is 2.24. The van der Waals surface area contributed by atoms with Gasteiger partial charge in [-0.2, -0.15) is 11.3 Å². The van der Waals surface area contributed by atoms with E-state index in [4.69, 9.17) is 11.6 Å². The van der Waals surface area contributed by atoms with Crippen molar-refractivity contribution in [1.82, 2.24) is 9.97 Å². The number of aromatic nitrogens is 2. The summed E-state index contributed by atoms with van der Waals surface area (Å²) < 4.78 is 0.935. The highest BCUT2D eigenvalue weighted by Gasteiger charge is 2.14. The highest BCUT2D eigenvalue weighted by Crippen LogP contribution is 2.29. The molecule has 0 aliphatic rings. The zero-order valence-electron chi connectivity index (χ0n) is 11.4. The average Bonchev–Trinajstić information content (AvgIpc) is 3.26. The second kappa shape index (κ2) is 6.01. The van der Waals surface area contributed by atoms with Gasteiger partial charge in [0.1, 0.15) is 10.7 Å². The Morgan fingerprint density at radius 3 is 2.91 bits per heavy atom. The molecule has 0 bridgehead atoms. The number of fused-ring (bicyclic) bond motifs is 1. The molecule has 1 N–H and O–H groups in total. The summed E-state index contributed by atoms with van der Waals surface area (Å²) in [5, 5.41) is 10.6. The zero-order chi connectivity index (χ0) is 15.8. The summed E-state index contributed by atoms with van der Waals surface area (Å²) in [4.78, 5) is 21.1. The summed E-state index contributed by atoms with van der Waals surface area (Å²) in [6.45, 7) is 0. The van der Waals surface area contributed by atoms with Gasteiger partial charge in [0.15, 0.2) is 5.13 Å². The van der Waals surface area contributed by atoms with Gasteiger partial charge >= 0.3 is 0 Å². The quantitative estimate of drug-likeness (QED) is 0.521. The van der Waals surface area contributed by atoms with Gasteiger partial charge in [0.05, 0.1) is 10.2 Å². The van der Waals surface area contributed by atoms with Crippen molar-refractivity contribution >= 4 is 66.9 Å². The third-order valence-electron chi connectivity index (χ3n) is 3.08. The molecule has 1 aromatic carbocycles. The number of carbonyl (C=O) groups is 1. The Labute approximate surface area is 148 Å². The normalized spacial score (nSPS) is 11.0. The van der Waals surface area contributed by atoms with Crippen LogP contribution in [0.4, 0.5) is 5.13 Å². The molecule has 1 amide bonds. The number of halogens is 1. The predicted octanol–water partition coefficient (Wildman–Crippen LogP) is 5.39. The molecular formula is C15H8ClN3OS3. The first-order valence-corrected chi connectivity index (χ1v) is 9.56. The summed E-state index contributed by atoms with van der Waals surface area (Å²) in [5.74, 6) is -0.257. The van der Waals surface area contributed by atoms with Crippen LogP contribution in [-0.4, -0.2) is 15.9 Å². The van der Waals surface area contributed by atoms with Crippen molar-refractivity contribution in [2.75, 3.05) is 5.32 Å². The molecule has 3 aromatic heterocycles. The van der Waals surface area contributed by atoms with Gasteiger partial charge in [-0.25, -0.2) is 9.97 Å². The molecule has 0 unspecified atom stereocenters. The molecule has 0 radical (unpaired) electrons. The van der Waals surface area contributed by atoms with Crippen molar-refractivity contribution in [3.8, 4) is 10.6 Å². The largest absolute Gasteiger partial charge is 0.296 e. The predicted molar refractivity (Wildman–Crippen MR) is 98.0 cm³/mol. The minimum Gasteiger partial charge on any atom is -0.296 e. The van der Waals surface area contributed by atoms with E-state index in [0.29, 0.717) is 15.8 Å². The highest BCUT2D eigenvalue weighted by atomic mass is 35.5. The van der Waals surface area contributed by atoms with Gasteiger partial charge in [0.25, 0.3) is 5.91 Å². The average molecular weight is 378 g/mol. The smallest absolute Gasteiger partial charge is 0.276 e. The lowest BCUT2D eigenvalue weighted by Gasteiger charge is -1.96. The first-order chi connectivity index (χ1) is 11.2. The molecule has 4 nitrogen and oxygen atoms in total. The van der Waals surface area contributed by atoms with E-state index in [1.54, 1.807) is 22.8 Å². The van der Waals surface area contributed by atoms with E-state index < -0.39 is 0 Å². The standard InChI is InChI=1S/C15H8ClN3OS3/c16-9-1-2-10-12(5-9)23-15(18-10)19-13(20)11-7-22-14(17-11)8-3-4-21-6-8/h1-7H,(H,18,19,20). The van der Waals surface area contributed by atoms with E-state index in [2.05, 4.69) is 15.3 Å². The fourth-order valence-corrected chi connectivity index (χ4v) is 4.66. The lowest BCUT2D eigenvalue weighted by atomic mass is 10.3. The fraction of sp³-hybridized carbons (Fsp3) is 0. The van der Waals surface area contributed by atoms with Crippen molar-refractivity contribution < 1.29 is 4.79 Å². The highest BCUT2D eigenvalue weighted by molar-refractivity contribution is 7.22. The molecule has 114 valence electrons. The Balaban J connectivity index is 1.57.